The van der Waals surface area contributed by atoms with Gasteiger partial charge in [0.05, 0.1) is 12.0 Å². The van der Waals surface area contributed by atoms with E-state index in [1.807, 2.05) is 54.6 Å². The van der Waals surface area contributed by atoms with Gasteiger partial charge in [0.2, 0.25) is 0 Å². The van der Waals surface area contributed by atoms with Crippen LogP contribution in [0.5, 0.6) is 11.5 Å². The quantitative estimate of drug-likeness (QED) is 0.477. The number of benzene rings is 3. The average Bonchev–Trinajstić information content (AvgIpc) is 2.67. The van der Waals surface area contributed by atoms with E-state index in [1.165, 1.54) is 6.07 Å². The number of ether oxygens (including phenoxy) is 2. The van der Waals surface area contributed by atoms with E-state index >= 15 is 0 Å². The zero-order valence-electron chi connectivity index (χ0n) is 13.7. The summed E-state index contributed by atoms with van der Waals surface area (Å²) in [5.74, 6) is 1.47. The van der Waals surface area contributed by atoms with Crippen LogP contribution in [0.2, 0.25) is 0 Å². The third-order valence-corrected chi connectivity index (χ3v) is 3.81. The SMILES string of the molecule is COc1ccc(COc2ccccc2-c2cccc([N+](=O)[O-])c2)cc1. The van der Waals surface area contributed by atoms with Crippen molar-refractivity contribution in [2.45, 2.75) is 6.61 Å². The first kappa shape index (κ1) is 16.5. The molecule has 0 aliphatic rings. The van der Waals surface area contributed by atoms with E-state index in [1.54, 1.807) is 19.2 Å². The molecule has 0 radical (unpaired) electrons. The van der Waals surface area contributed by atoms with E-state index in [9.17, 15) is 10.1 Å². The van der Waals surface area contributed by atoms with E-state index < -0.39 is 4.92 Å². The number of nitrogens with zero attached hydrogens (tertiary/aromatic N) is 1. The Hall–Kier alpha value is -3.34. The Kier molecular flexibility index (Phi) is 4.95. The molecule has 0 bridgehead atoms. The summed E-state index contributed by atoms with van der Waals surface area (Å²) in [6.07, 6.45) is 0. The minimum atomic E-state index is -0.398. The Balaban J connectivity index is 1.83. The molecule has 0 unspecified atom stereocenters. The van der Waals surface area contributed by atoms with Crippen LogP contribution in [0, 0.1) is 10.1 Å². The van der Waals surface area contributed by atoms with Crippen LogP contribution in [-0.2, 0) is 6.61 Å². The van der Waals surface area contributed by atoms with Gasteiger partial charge in [-0.1, -0.05) is 42.5 Å². The molecule has 5 nitrogen and oxygen atoms in total. The monoisotopic (exact) mass is 335 g/mol. The Labute approximate surface area is 145 Å². The van der Waals surface area contributed by atoms with Crippen LogP contribution in [0.25, 0.3) is 11.1 Å². The second-order valence-electron chi connectivity index (χ2n) is 5.44. The molecule has 0 atom stereocenters. The maximum absolute atomic E-state index is 11.0. The minimum Gasteiger partial charge on any atom is -0.497 e. The summed E-state index contributed by atoms with van der Waals surface area (Å²) >= 11 is 0. The number of hydrogen-bond donors (Lipinski definition) is 0. The molecule has 3 rings (SSSR count). The third kappa shape index (κ3) is 3.95. The number of hydrogen-bond acceptors (Lipinski definition) is 4. The first-order valence-corrected chi connectivity index (χ1v) is 7.77. The van der Waals surface area contributed by atoms with Gasteiger partial charge >= 0.3 is 0 Å². The van der Waals surface area contributed by atoms with Crippen LogP contribution in [0.1, 0.15) is 5.56 Å². The summed E-state index contributed by atoms with van der Waals surface area (Å²) in [5.41, 5.74) is 2.64. The van der Waals surface area contributed by atoms with Crippen molar-refractivity contribution in [1.29, 1.82) is 0 Å². The van der Waals surface area contributed by atoms with Crippen LogP contribution in [0.15, 0.2) is 72.8 Å². The summed E-state index contributed by atoms with van der Waals surface area (Å²) in [6, 6.07) is 21.7. The number of non-ortho nitro benzene ring substituents is 1. The molecule has 0 aliphatic carbocycles. The molecular formula is C20H17NO4. The molecule has 25 heavy (non-hydrogen) atoms. The number of nitro groups is 1. The summed E-state index contributed by atoms with van der Waals surface area (Å²) < 4.78 is 11.1. The van der Waals surface area contributed by atoms with Gasteiger partial charge in [-0.15, -0.1) is 0 Å². The fourth-order valence-corrected chi connectivity index (χ4v) is 2.50. The van der Waals surface area contributed by atoms with E-state index in [0.717, 1.165) is 22.4 Å². The fraction of sp³-hybridized carbons (Fsp3) is 0.100. The fourth-order valence-electron chi connectivity index (χ4n) is 2.50. The molecule has 0 saturated heterocycles. The molecule has 0 fully saturated rings. The third-order valence-electron chi connectivity index (χ3n) is 3.81. The van der Waals surface area contributed by atoms with E-state index in [2.05, 4.69) is 0 Å². The Bertz CT molecular complexity index is 875. The molecular weight excluding hydrogens is 318 g/mol. The zero-order chi connectivity index (χ0) is 17.6. The lowest BCUT2D eigenvalue weighted by molar-refractivity contribution is -0.384. The normalized spacial score (nSPS) is 10.3. The second-order valence-corrected chi connectivity index (χ2v) is 5.44. The van der Waals surface area contributed by atoms with Crippen LogP contribution in [-0.4, -0.2) is 12.0 Å². The van der Waals surface area contributed by atoms with Crippen molar-refractivity contribution in [3.8, 4) is 22.6 Å². The molecule has 0 heterocycles. The van der Waals surface area contributed by atoms with E-state index in [4.69, 9.17) is 9.47 Å². The first-order valence-electron chi connectivity index (χ1n) is 7.77. The summed E-state index contributed by atoms with van der Waals surface area (Å²) in [6.45, 7) is 0.399. The number of nitro benzene ring substituents is 1. The number of rotatable bonds is 6. The van der Waals surface area contributed by atoms with Crippen molar-refractivity contribution in [2.24, 2.45) is 0 Å². The highest BCUT2D eigenvalue weighted by Gasteiger charge is 2.11. The summed E-state index contributed by atoms with van der Waals surface area (Å²) in [5, 5.41) is 11.0. The van der Waals surface area contributed by atoms with Gasteiger partial charge in [0.1, 0.15) is 18.1 Å². The lowest BCUT2D eigenvalue weighted by atomic mass is 10.0. The van der Waals surface area contributed by atoms with Crippen molar-refractivity contribution in [3.63, 3.8) is 0 Å². The van der Waals surface area contributed by atoms with E-state index in [-0.39, 0.29) is 5.69 Å². The molecule has 0 aliphatic heterocycles. The van der Waals surface area contributed by atoms with Gasteiger partial charge in [0, 0.05) is 17.7 Å². The highest BCUT2D eigenvalue weighted by Crippen LogP contribution is 2.32. The predicted octanol–water partition coefficient (Wildman–Crippen LogP) is 4.85. The standard InChI is InChI=1S/C20H17NO4/c1-24-18-11-9-15(10-12-18)14-25-20-8-3-2-7-19(20)16-5-4-6-17(13-16)21(22)23/h2-13H,14H2,1H3. The second kappa shape index (κ2) is 7.49. The van der Waals surface area contributed by atoms with Crippen molar-refractivity contribution >= 4 is 5.69 Å². The molecule has 0 saturated carbocycles. The van der Waals surface area contributed by atoms with Gasteiger partial charge in [0.15, 0.2) is 0 Å². The van der Waals surface area contributed by atoms with Crippen molar-refractivity contribution in [2.75, 3.05) is 7.11 Å². The van der Waals surface area contributed by atoms with Gasteiger partial charge in [0.25, 0.3) is 5.69 Å². The van der Waals surface area contributed by atoms with E-state index in [0.29, 0.717) is 12.4 Å². The van der Waals surface area contributed by atoms with Crippen molar-refractivity contribution < 1.29 is 14.4 Å². The highest BCUT2D eigenvalue weighted by atomic mass is 16.6. The van der Waals surface area contributed by atoms with Crippen LogP contribution < -0.4 is 9.47 Å². The molecule has 0 amide bonds. The maximum atomic E-state index is 11.0. The molecule has 126 valence electrons. The lowest BCUT2D eigenvalue weighted by Gasteiger charge is -2.12. The van der Waals surface area contributed by atoms with Crippen LogP contribution >= 0.6 is 0 Å². The zero-order valence-corrected chi connectivity index (χ0v) is 13.7. The predicted molar refractivity (Wildman–Crippen MR) is 95.9 cm³/mol. The minimum absolute atomic E-state index is 0.0578. The molecule has 3 aromatic carbocycles. The molecule has 5 heteroatoms. The van der Waals surface area contributed by atoms with Crippen LogP contribution in [0.3, 0.4) is 0 Å². The molecule has 0 spiro atoms. The summed E-state index contributed by atoms with van der Waals surface area (Å²) in [7, 11) is 1.63. The smallest absolute Gasteiger partial charge is 0.270 e. The van der Waals surface area contributed by atoms with Gasteiger partial charge in [-0.05, 0) is 29.3 Å². The topological polar surface area (TPSA) is 61.6 Å². The largest absolute Gasteiger partial charge is 0.497 e. The number of methoxy groups -OCH3 is 1. The molecule has 3 aromatic rings. The van der Waals surface area contributed by atoms with Gasteiger partial charge in [-0.2, -0.15) is 0 Å². The lowest BCUT2D eigenvalue weighted by Crippen LogP contribution is -1.97. The maximum Gasteiger partial charge on any atom is 0.270 e. The molecule has 0 aromatic heterocycles. The summed E-state index contributed by atoms with van der Waals surface area (Å²) in [4.78, 5) is 10.6. The van der Waals surface area contributed by atoms with Crippen LogP contribution in [0.4, 0.5) is 5.69 Å². The first-order chi connectivity index (χ1) is 12.2. The van der Waals surface area contributed by atoms with Gasteiger partial charge in [-0.25, -0.2) is 0 Å². The average molecular weight is 335 g/mol. The number of para-hydroxylation sites is 1. The van der Waals surface area contributed by atoms with Gasteiger partial charge in [-0.3, -0.25) is 10.1 Å². The van der Waals surface area contributed by atoms with Gasteiger partial charge < -0.3 is 9.47 Å². The Morgan fingerprint density at radius 2 is 1.72 bits per heavy atom. The Morgan fingerprint density at radius 1 is 0.960 bits per heavy atom. The highest BCUT2D eigenvalue weighted by molar-refractivity contribution is 5.72. The molecule has 0 N–H and O–H groups in total. The van der Waals surface area contributed by atoms with Crippen molar-refractivity contribution in [1.82, 2.24) is 0 Å². The van der Waals surface area contributed by atoms with Crippen molar-refractivity contribution in [3.05, 3.63) is 88.5 Å². The Morgan fingerprint density at radius 3 is 2.44 bits per heavy atom.